The van der Waals surface area contributed by atoms with E-state index in [2.05, 4.69) is 10.3 Å². The number of aryl methyl sites for hydroxylation is 1. The molecule has 1 aliphatic heterocycles. The van der Waals surface area contributed by atoms with Crippen LogP contribution in [-0.4, -0.2) is 36.4 Å². The summed E-state index contributed by atoms with van der Waals surface area (Å²) in [5.74, 6) is 0.924. The van der Waals surface area contributed by atoms with E-state index in [-0.39, 0.29) is 23.8 Å². The maximum absolute atomic E-state index is 12.3. The molecule has 1 aliphatic rings. The van der Waals surface area contributed by atoms with Gasteiger partial charge in [-0.15, -0.1) is 0 Å². The second-order valence-corrected chi connectivity index (χ2v) is 8.70. The Morgan fingerprint density at radius 2 is 2.04 bits per heavy atom. The maximum Gasteiger partial charge on any atom is 0.226 e. The van der Waals surface area contributed by atoms with Crippen LogP contribution in [0.1, 0.15) is 24.8 Å². The molecule has 1 aromatic heterocycles. The van der Waals surface area contributed by atoms with Crippen LogP contribution >= 0.6 is 0 Å². The first kappa shape index (κ1) is 16.7. The Balaban J connectivity index is 1.70. The number of nitrogens with one attached hydrogen (secondary N) is 1. The zero-order chi connectivity index (χ0) is 17.4. The molecule has 3 rings (SSSR count). The molecule has 7 heteroatoms. The van der Waals surface area contributed by atoms with Crippen LogP contribution in [-0.2, 0) is 21.1 Å². The number of aromatic nitrogens is 1. The van der Waals surface area contributed by atoms with Crippen LogP contribution in [0.25, 0.3) is 11.5 Å². The Kier molecular flexibility index (Phi) is 4.21. The van der Waals surface area contributed by atoms with Gasteiger partial charge < -0.3 is 9.73 Å². The molecule has 0 spiro atoms. The van der Waals surface area contributed by atoms with Crippen molar-refractivity contribution in [1.29, 1.82) is 0 Å². The summed E-state index contributed by atoms with van der Waals surface area (Å²) in [7, 11) is -3.06. The fraction of sp³-hybridized carbons (Fsp3) is 0.412. The van der Waals surface area contributed by atoms with Crippen molar-refractivity contribution in [2.45, 2.75) is 32.2 Å². The summed E-state index contributed by atoms with van der Waals surface area (Å²) in [5, 5.41) is 2.84. The van der Waals surface area contributed by atoms with Gasteiger partial charge in [0, 0.05) is 5.56 Å². The number of carbonyl (C=O) groups is 1. The first-order valence-electron chi connectivity index (χ1n) is 7.80. The molecule has 0 radical (unpaired) electrons. The van der Waals surface area contributed by atoms with E-state index in [1.807, 2.05) is 30.3 Å². The fourth-order valence-corrected chi connectivity index (χ4v) is 5.03. The van der Waals surface area contributed by atoms with Crippen LogP contribution in [0.5, 0.6) is 0 Å². The van der Waals surface area contributed by atoms with Crippen molar-refractivity contribution in [2.75, 3.05) is 11.5 Å². The molecule has 1 saturated heterocycles. The summed E-state index contributed by atoms with van der Waals surface area (Å²) in [4.78, 5) is 16.7. The number of benzene rings is 1. The first-order valence-corrected chi connectivity index (χ1v) is 9.62. The molecule has 0 aliphatic carbocycles. The van der Waals surface area contributed by atoms with E-state index in [9.17, 15) is 13.2 Å². The fourth-order valence-electron chi connectivity index (χ4n) is 2.94. The van der Waals surface area contributed by atoms with Gasteiger partial charge >= 0.3 is 0 Å². The number of hydrogen-bond acceptors (Lipinski definition) is 5. The highest BCUT2D eigenvalue weighted by Crippen LogP contribution is 2.24. The minimum Gasteiger partial charge on any atom is -0.441 e. The highest BCUT2D eigenvalue weighted by Gasteiger charge is 2.39. The Labute approximate surface area is 141 Å². The van der Waals surface area contributed by atoms with Gasteiger partial charge in [0.15, 0.2) is 9.84 Å². The van der Waals surface area contributed by atoms with Crippen LogP contribution in [0.4, 0.5) is 0 Å². The van der Waals surface area contributed by atoms with Gasteiger partial charge in [-0.05, 0) is 32.4 Å². The van der Waals surface area contributed by atoms with E-state index < -0.39 is 15.4 Å². The lowest BCUT2D eigenvalue weighted by Crippen LogP contribution is -2.47. The third kappa shape index (κ3) is 3.67. The molecular weight excluding hydrogens is 328 g/mol. The van der Waals surface area contributed by atoms with Crippen molar-refractivity contribution in [1.82, 2.24) is 10.3 Å². The average Bonchev–Trinajstić information content (AvgIpc) is 2.99. The van der Waals surface area contributed by atoms with Crippen LogP contribution in [0.15, 0.2) is 34.7 Å². The minimum absolute atomic E-state index is 0.0151. The van der Waals surface area contributed by atoms with Crippen molar-refractivity contribution in [3.63, 3.8) is 0 Å². The number of rotatable bonds is 4. The third-order valence-corrected chi connectivity index (χ3v) is 6.09. The molecule has 1 N–H and O–H groups in total. The first-order chi connectivity index (χ1) is 11.3. The summed E-state index contributed by atoms with van der Waals surface area (Å²) >= 11 is 0. The van der Waals surface area contributed by atoms with Crippen molar-refractivity contribution in [3.05, 3.63) is 41.8 Å². The van der Waals surface area contributed by atoms with Gasteiger partial charge in [0.2, 0.25) is 11.8 Å². The summed E-state index contributed by atoms with van der Waals surface area (Å²) in [6.45, 7) is 3.53. The van der Waals surface area contributed by atoms with Crippen molar-refractivity contribution >= 4 is 15.7 Å². The van der Waals surface area contributed by atoms with Gasteiger partial charge in [-0.2, -0.15) is 0 Å². The molecule has 1 atom stereocenters. The molecule has 24 heavy (non-hydrogen) atoms. The predicted octanol–water partition coefficient (Wildman–Crippen LogP) is 1.89. The van der Waals surface area contributed by atoms with E-state index >= 15 is 0 Å². The SMILES string of the molecule is Cc1oc(-c2ccccc2)nc1CC(=O)N[C@]1(C)CCS(=O)(=O)C1. The monoisotopic (exact) mass is 348 g/mol. The second kappa shape index (κ2) is 6.05. The summed E-state index contributed by atoms with van der Waals surface area (Å²) in [6.07, 6.45) is 0.506. The Hall–Kier alpha value is -2.15. The number of sulfone groups is 1. The molecule has 2 aromatic rings. The van der Waals surface area contributed by atoms with Gasteiger partial charge in [-0.1, -0.05) is 18.2 Å². The lowest BCUT2D eigenvalue weighted by atomic mass is 10.0. The topological polar surface area (TPSA) is 89.3 Å². The normalized spacial score (nSPS) is 22.4. The molecule has 6 nitrogen and oxygen atoms in total. The van der Waals surface area contributed by atoms with Crippen LogP contribution in [0.3, 0.4) is 0 Å². The zero-order valence-electron chi connectivity index (χ0n) is 13.7. The predicted molar refractivity (Wildman–Crippen MR) is 90.2 cm³/mol. The van der Waals surface area contributed by atoms with Crippen LogP contribution in [0, 0.1) is 6.92 Å². The molecule has 0 unspecified atom stereocenters. The number of nitrogens with zero attached hydrogens (tertiary/aromatic N) is 1. The quantitative estimate of drug-likeness (QED) is 0.911. The van der Waals surface area contributed by atoms with Crippen LogP contribution in [0.2, 0.25) is 0 Å². The smallest absolute Gasteiger partial charge is 0.226 e. The maximum atomic E-state index is 12.3. The molecule has 1 amide bonds. The third-order valence-electron chi connectivity index (χ3n) is 4.19. The molecular formula is C17H20N2O4S. The standard InChI is InChI=1S/C17H20N2O4S/c1-12-14(18-16(23-12)13-6-4-3-5-7-13)10-15(20)19-17(2)8-9-24(21,22)11-17/h3-7H,8-11H2,1-2H3,(H,19,20)/t17-/m1/s1. The lowest BCUT2D eigenvalue weighted by molar-refractivity contribution is -0.122. The minimum atomic E-state index is -3.06. The van der Waals surface area contributed by atoms with Gasteiger partial charge in [-0.25, -0.2) is 13.4 Å². The molecule has 0 bridgehead atoms. The number of hydrogen-bond donors (Lipinski definition) is 1. The van der Waals surface area contributed by atoms with Gasteiger partial charge in [0.1, 0.15) is 5.76 Å². The van der Waals surface area contributed by atoms with Crippen molar-refractivity contribution in [2.24, 2.45) is 0 Å². The molecule has 1 fully saturated rings. The summed E-state index contributed by atoms with van der Waals surface area (Å²) in [5.41, 5.74) is 0.715. The molecule has 2 heterocycles. The lowest BCUT2D eigenvalue weighted by Gasteiger charge is -2.23. The van der Waals surface area contributed by atoms with E-state index in [1.54, 1.807) is 13.8 Å². The van der Waals surface area contributed by atoms with Gasteiger partial charge in [0.05, 0.1) is 29.2 Å². The zero-order valence-corrected chi connectivity index (χ0v) is 14.5. The Morgan fingerprint density at radius 1 is 1.33 bits per heavy atom. The van der Waals surface area contributed by atoms with E-state index in [0.717, 1.165) is 5.56 Å². The van der Waals surface area contributed by atoms with Crippen molar-refractivity contribution < 1.29 is 17.6 Å². The van der Waals surface area contributed by atoms with Gasteiger partial charge in [0.25, 0.3) is 0 Å². The molecule has 1 aromatic carbocycles. The number of carbonyl (C=O) groups excluding carboxylic acids is 1. The van der Waals surface area contributed by atoms with E-state index in [0.29, 0.717) is 23.8 Å². The van der Waals surface area contributed by atoms with E-state index in [1.165, 1.54) is 0 Å². The number of oxazole rings is 1. The van der Waals surface area contributed by atoms with Gasteiger partial charge in [-0.3, -0.25) is 4.79 Å². The van der Waals surface area contributed by atoms with Crippen molar-refractivity contribution in [3.8, 4) is 11.5 Å². The highest BCUT2D eigenvalue weighted by molar-refractivity contribution is 7.91. The van der Waals surface area contributed by atoms with E-state index in [4.69, 9.17) is 4.42 Å². The largest absolute Gasteiger partial charge is 0.441 e. The molecule has 128 valence electrons. The number of amides is 1. The Bertz CT molecular complexity index is 858. The van der Waals surface area contributed by atoms with Crippen LogP contribution < -0.4 is 5.32 Å². The highest BCUT2D eigenvalue weighted by atomic mass is 32.2. The second-order valence-electron chi connectivity index (χ2n) is 6.52. The summed E-state index contributed by atoms with van der Waals surface area (Å²) < 4.78 is 28.9. The Morgan fingerprint density at radius 3 is 2.67 bits per heavy atom. The summed E-state index contributed by atoms with van der Waals surface area (Å²) in [6, 6.07) is 9.47. The average molecular weight is 348 g/mol. The molecule has 0 saturated carbocycles.